The number of esters is 1. The van der Waals surface area contributed by atoms with Crippen LogP contribution in [0.25, 0.3) is 6.08 Å². The zero-order valence-electron chi connectivity index (χ0n) is 9.73. The first kappa shape index (κ1) is 11.8. The maximum absolute atomic E-state index is 13.3. The molecule has 90 valence electrons. The number of hydrogen-bond acceptors (Lipinski definition) is 2. The van der Waals surface area contributed by atoms with Gasteiger partial charge in [0, 0.05) is 5.56 Å². The zero-order chi connectivity index (χ0) is 12.3. The van der Waals surface area contributed by atoms with Gasteiger partial charge in [0.25, 0.3) is 0 Å². The van der Waals surface area contributed by atoms with E-state index in [9.17, 15) is 9.18 Å². The number of rotatable bonds is 4. The summed E-state index contributed by atoms with van der Waals surface area (Å²) >= 11 is 0. The molecule has 0 saturated heterocycles. The molecule has 2 rings (SSSR count). The van der Waals surface area contributed by atoms with Gasteiger partial charge in [0.2, 0.25) is 0 Å². The number of carbonyl (C=O) groups is 1. The normalized spacial score (nSPS) is 22.7. The third-order valence-electron chi connectivity index (χ3n) is 2.86. The minimum atomic E-state index is -0.239. The summed E-state index contributed by atoms with van der Waals surface area (Å²) in [4.78, 5) is 11.4. The number of benzene rings is 1. The van der Waals surface area contributed by atoms with E-state index in [4.69, 9.17) is 4.74 Å². The van der Waals surface area contributed by atoms with Gasteiger partial charge in [-0.25, -0.2) is 4.39 Å². The van der Waals surface area contributed by atoms with Crippen molar-refractivity contribution in [3.63, 3.8) is 0 Å². The lowest BCUT2D eigenvalue weighted by atomic mass is 10.1. The minimum absolute atomic E-state index is 0.0297. The highest BCUT2D eigenvalue weighted by Crippen LogP contribution is 2.41. The second-order valence-electron chi connectivity index (χ2n) is 4.14. The van der Waals surface area contributed by atoms with E-state index >= 15 is 0 Å². The Bertz CT molecular complexity index is 440. The highest BCUT2D eigenvalue weighted by Gasteiger charge is 2.42. The average Bonchev–Trinajstić information content (AvgIpc) is 3.08. The van der Waals surface area contributed by atoms with E-state index < -0.39 is 0 Å². The van der Waals surface area contributed by atoms with Crippen LogP contribution in [0.4, 0.5) is 4.39 Å². The van der Waals surface area contributed by atoms with Gasteiger partial charge in [0.15, 0.2) is 0 Å². The molecular weight excluding hydrogens is 219 g/mol. The Morgan fingerprint density at radius 2 is 2.29 bits per heavy atom. The van der Waals surface area contributed by atoms with E-state index in [1.54, 1.807) is 31.2 Å². The number of carbonyl (C=O) groups excluding carboxylic acids is 1. The standard InChI is InChI=1S/C14H15FO2/c1-2-17-14(16)12-9-11(12)8-7-10-5-3-4-6-13(10)15/h3-8,11-12H,2,9H2,1H3/b8-7+. The summed E-state index contributed by atoms with van der Waals surface area (Å²) in [5.41, 5.74) is 0.557. The summed E-state index contributed by atoms with van der Waals surface area (Å²) in [7, 11) is 0. The van der Waals surface area contributed by atoms with Crippen molar-refractivity contribution in [2.45, 2.75) is 13.3 Å². The van der Waals surface area contributed by atoms with E-state index in [1.807, 2.05) is 6.08 Å². The number of ether oxygens (including phenoxy) is 1. The third-order valence-corrected chi connectivity index (χ3v) is 2.86. The maximum atomic E-state index is 13.3. The van der Waals surface area contributed by atoms with Crippen molar-refractivity contribution in [1.29, 1.82) is 0 Å². The highest BCUT2D eigenvalue weighted by atomic mass is 19.1. The van der Waals surface area contributed by atoms with Crippen LogP contribution >= 0.6 is 0 Å². The quantitative estimate of drug-likeness (QED) is 0.748. The molecule has 1 saturated carbocycles. The molecule has 0 spiro atoms. The second kappa shape index (κ2) is 5.13. The summed E-state index contributed by atoms with van der Waals surface area (Å²) in [6.07, 6.45) is 4.43. The van der Waals surface area contributed by atoms with Crippen molar-refractivity contribution in [2.75, 3.05) is 6.61 Å². The van der Waals surface area contributed by atoms with Gasteiger partial charge in [-0.2, -0.15) is 0 Å². The van der Waals surface area contributed by atoms with Gasteiger partial charge in [-0.15, -0.1) is 0 Å². The summed E-state index contributed by atoms with van der Waals surface area (Å²) in [5.74, 6) is -0.209. The molecule has 1 aliphatic rings. The molecule has 0 N–H and O–H groups in total. The summed E-state index contributed by atoms with van der Waals surface area (Å²) in [6.45, 7) is 2.21. The first-order valence-electron chi connectivity index (χ1n) is 5.81. The SMILES string of the molecule is CCOC(=O)C1CC1/C=C/c1ccccc1F. The second-order valence-corrected chi connectivity index (χ2v) is 4.14. The van der Waals surface area contributed by atoms with E-state index in [2.05, 4.69) is 0 Å². The molecule has 2 nitrogen and oxygen atoms in total. The third kappa shape index (κ3) is 2.93. The fourth-order valence-electron chi connectivity index (χ4n) is 1.79. The van der Waals surface area contributed by atoms with Crippen molar-refractivity contribution in [1.82, 2.24) is 0 Å². The number of allylic oxidation sites excluding steroid dienone is 1. The fourth-order valence-corrected chi connectivity index (χ4v) is 1.79. The van der Waals surface area contributed by atoms with Gasteiger partial charge in [0.05, 0.1) is 12.5 Å². The van der Waals surface area contributed by atoms with Gasteiger partial charge in [-0.3, -0.25) is 4.79 Å². The van der Waals surface area contributed by atoms with Crippen LogP contribution in [0, 0.1) is 17.7 Å². The summed E-state index contributed by atoms with van der Waals surface area (Å²) in [6, 6.07) is 6.59. The maximum Gasteiger partial charge on any atom is 0.309 e. The largest absolute Gasteiger partial charge is 0.466 e. The predicted octanol–water partition coefficient (Wildman–Crippen LogP) is 3.04. The Balaban J connectivity index is 1.92. The van der Waals surface area contributed by atoms with Crippen molar-refractivity contribution in [3.8, 4) is 0 Å². The van der Waals surface area contributed by atoms with Crippen molar-refractivity contribution < 1.29 is 13.9 Å². The Hall–Kier alpha value is -1.64. The molecule has 0 aromatic heterocycles. The van der Waals surface area contributed by atoms with Gasteiger partial charge in [-0.1, -0.05) is 30.4 Å². The molecule has 0 bridgehead atoms. The summed E-state index contributed by atoms with van der Waals surface area (Å²) in [5, 5.41) is 0. The Morgan fingerprint density at radius 3 is 3.00 bits per heavy atom. The molecule has 3 heteroatoms. The fraction of sp³-hybridized carbons (Fsp3) is 0.357. The van der Waals surface area contributed by atoms with Crippen molar-refractivity contribution >= 4 is 12.0 Å². The lowest BCUT2D eigenvalue weighted by Gasteiger charge is -1.98. The molecule has 0 aliphatic heterocycles. The average molecular weight is 234 g/mol. The van der Waals surface area contributed by atoms with Gasteiger partial charge in [-0.05, 0) is 25.3 Å². The predicted molar refractivity (Wildman–Crippen MR) is 63.7 cm³/mol. The van der Waals surface area contributed by atoms with Crippen LogP contribution in [0.3, 0.4) is 0 Å². The molecular formula is C14H15FO2. The molecule has 2 atom stereocenters. The van der Waals surface area contributed by atoms with Gasteiger partial charge in [0.1, 0.15) is 5.82 Å². The first-order valence-corrected chi connectivity index (χ1v) is 5.81. The molecule has 1 aromatic carbocycles. The van der Waals surface area contributed by atoms with E-state index in [0.717, 1.165) is 6.42 Å². The van der Waals surface area contributed by atoms with Crippen LogP contribution in [-0.4, -0.2) is 12.6 Å². The zero-order valence-corrected chi connectivity index (χ0v) is 9.73. The topological polar surface area (TPSA) is 26.3 Å². The number of hydrogen-bond donors (Lipinski definition) is 0. The van der Waals surface area contributed by atoms with Crippen LogP contribution in [0.2, 0.25) is 0 Å². The molecule has 17 heavy (non-hydrogen) atoms. The Kier molecular flexibility index (Phi) is 3.57. The summed E-state index contributed by atoms with van der Waals surface area (Å²) < 4.78 is 18.2. The van der Waals surface area contributed by atoms with Crippen LogP contribution in [-0.2, 0) is 9.53 Å². The highest BCUT2D eigenvalue weighted by molar-refractivity contribution is 5.76. The molecule has 1 aliphatic carbocycles. The Labute approximate surface area is 100 Å². The monoisotopic (exact) mass is 234 g/mol. The van der Waals surface area contributed by atoms with Crippen molar-refractivity contribution in [2.24, 2.45) is 11.8 Å². The van der Waals surface area contributed by atoms with E-state index in [1.165, 1.54) is 6.07 Å². The molecule has 0 radical (unpaired) electrons. The van der Waals surface area contributed by atoms with Crippen LogP contribution in [0.5, 0.6) is 0 Å². The molecule has 0 amide bonds. The van der Waals surface area contributed by atoms with Gasteiger partial charge >= 0.3 is 5.97 Å². The lowest BCUT2D eigenvalue weighted by molar-refractivity contribution is -0.144. The van der Waals surface area contributed by atoms with E-state index in [-0.39, 0.29) is 23.6 Å². The Morgan fingerprint density at radius 1 is 1.53 bits per heavy atom. The molecule has 1 aromatic rings. The molecule has 0 heterocycles. The van der Waals surface area contributed by atoms with Crippen LogP contribution < -0.4 is 0 Å². The smallest absolute Gasteiger partial charge is 0.309 e. The minimum Gasteiger partial charge on any atom is -0.466 e. The van der Waals surface area contributed by atoms with Crippen LogP contribution in [0.15, 0.2) is 30.3 Å². The number of halogens is 1. The van der Waals surface area contributed by atoms with Gasteiger partial charge < -0.3 is 4.74 Å². The van der Waals surface area contributed by atoms with E-state index in [0.29, 0.717) is 12.2 Å². The lowest BCUT2D eigenvalue weighted by Crippen LogP contribution is -2.06. The molecule has 2 unspecified atom stereocenters. The molecule has 1 fully saturated rings. The van der Waals surface area contributed by atoms with Crippen LogP contribution in [0.1, 0.15) is 18.9 Å². The first-order chi connectivity index (χ1) is 8.22. The van der Waals surface area contributed by atoms with Crippen molar-refractivity contribution in [3.05, 3.63) is 41.7 Å².